The van der Waals surface area contributed by atoms with Crippen molar-refractivity contribution in [1.29, 1.82) is 0 Å². The first-order chi connectivity index (χ1) is 8.81. The van der Waals surface area contributed by atoms with Gasteiger partial charge in [-0.1, -0.05) is 40.0 Å². The topological polar surface area (TPSA) is 69.6 Å². The number of hydrogen-bond donors (Lipinski definition) is 2. The minimum absolute atomic E-state index is 0.00286. The minimum Gasteiger partial charge on any atom is -0.480 e. The van der Waals surface area contributed by atoms with Gasteiger partial charge in [0.05, 0.1) is 0 Å². The zero-order chi connectivity index (χ0) is 14.5. The van der Waals surface area contributed by atoms with Gasteiger partial charge in [-0.25, -0.2) is 9.59 Å². The molecule has 0 saturated carbocycles. The highest BCUT2D eigenvalue weighted by atomic mass is 16.4. The fourth-order valence-electron chi connectivity index (χ4n) is 2.23. The third kappa shape index (κ3) is 5.49. The maximum Gasteiger partial charge on any atom is 0.326 e. The van der Waals surface area contributed by atoms with Crippen LogP contribution in [0.3, 0.4) is 0 Å². The Labute approximate surface area is 115 Å². The van der Waals surface area contributed by atoms with Gasteiger partial charge >= 0.3 is 12.0 Å². The molecule has 1 aliphatic heterocycles. The van der Waals surface area contributed by atoms with E-state index in [0.717, 1.165) is 25.7 Å². The van der Waals surface area contributed by atoms with E-state index in [0.29, 0.717) is 19.5 Å². The molecule has 0 radical (unpaired) electrons. The number of carboxylic acid groups (broad SMARTS) is 1. The second kappa shape index (κ2) is 6.78. The summed E-state index contributed by atoms with van der Waals surface area (Å²) < 4.78 is 0. The van der Waals surface area contributed by atoms with Crippen molar-refractivity contribution in [3.8, 4) is 0 Å². The SMILES string of the molecule is CC(C)(C)CNC(=O)N1CCCCCCC1C(=O)O. The number of hydrogen-bond acceptors (Lipinski definition) is 2. The molecular formula is C14H26N2O3. The molecule has 2 amide bonds. The van der Waals surface area contributed by atoms with Crippen LogP contribution in [0, 0.1) is 5.41 Å². The van der Waals surface area contributed by atoms with Crippen LogP contribution in [0.15, 0.2) is 0 Å². The Morgan fingerprint density at radius 2 is 1.84 bits per heavy atom. The lowest BCUT2D eigenvalue weighted by molar-refractivity contribution is -0.142. The molecule has 1 heterocycles. The van der Waals surface area contributed by atoms with Crippen molar-refractivity contribution in [3.05, 3.63) is 0 Å². The predicted octanol–water partition coefficient (Wildman–Crippen LogP) is 2.46. The van der Waals surface area contributed by atoms with Gasteiger partial charge in [-0.05, 0) is 18.3 Å². The predicted molar refractivity (Wildman–Crippen MR) is 74.1 cm³/mol. The molecule has 1 atom stereocenters. The number of carbonyl (C=O) groups excluding carboxylic acids is 1. The van der Waals surface area contributed by atoms with Gasteiger partial charge in [-0.2, -0.15) is 0 Å². The van der Waals surface area contributed by atoms with Gasteiger partial charge in [-0.3, -0.25) is 0 Å². The fourth-order valence-corrected chi connectivity index (χ4v) is 2.23. The van der Waals surface area contributed by atoms with Crippen molar-refractivity contribution in [1.82, 2.24) is 10.2 Å². The van der Waals surface area contributed by atoms with E-state index in [1.165, 1.54) is 4.90 Å². The van der Waals surface area contributed by atoms with E-state index in [1.807, 2.05) is 20.8 Å². The van der Waals surface area contributed by atoms with Crippen molar-refractivity contribution in [2.24, 2.45) is 5.41 Å². The second-order valence-electron chi connectivity index (χ2n) is 6.47. The molecule has 19 heavy (non-hydrogen) atoms. The van der Waals surface area contributed by atoms with Crippen LogP contribution >= 0.6 is 0 Å². The molecular weight excluding hydrogens is 244 g/mol. The average Bonchev–Trinajstić information content (AvgIpc) is 2.24. The van der Waals surface area contributed by atoms with Gasteiger partial charge in [0.25, 0.3) is 0 Å². The number of likely N-dealkylation sites (tertiary alicyclic amines) is 1. The zero-order valence-corrected chi connectivity index (χ0v) is 12.2. The van der Waals surface area contributed by atoms with Crippen LogP contribution in [-0.2, 0) is 4.79 Å². The fraction of sp³-hybridized carbons (Fsp3) is 0.857. The van der Waals surface area contributed by atoms with E-state index >= 15 is 0 Å². The summed E-state index contributed by atoms with van der Waals surface area (Å²) in [5.41, 5.74) is -0.00286. The maximum atomic E-state index is 12.2. The molecule has 2 N–H and O–H groups in total. The Kier molecular flexibility index (Phi) is 5.63. The second-order valence-corrected chi connectivity index (χ2v) is 6.47. The van der Waals surface area contributed by atoms with Crippen LogP contribution in [0.4, 0.5) is 4.79 Å². The minimum atomic E-state index is -0.896. The lowest BCUT2D eigenvalue weighted by Gasteiger charge is -2.32. The van der Waals surface area contributed by atoms with E-state index in [2.05, 4.69) is 5.32 Å². The first-order valence-electron chi connectivity index (χ1n) is 7.08. The van der Waals surface area contributed by atoms with E-state index < -0.39 is 12.0 Å². The smallest absolute Gasteiger partial charge is 0.326 e. The van der Waals surface area contributed by atoms with E-state index in [1.54, 1.807) is 0 Å². The number of amides is 2. The highest BCUT2D eigenvalue weighted by Crippen LogP contribution is 2.18. The standard InChI is InChI=1S/C14H26N2O3/c1-14(2,3)10-15-13(19)16-9-7-5-4-6-8-11(16)12(17)18/h11H,4-10H2,1-3H3,(H,15,19)(H,17,18). The normalized spacial score (nSPS) is 21.4. The Morgan fingerprint density at radius 1 is 1.21 bits per heavy atom. The summed E-state index contributed by atoms with van der Waals surface area (Å²) in [6.45, 7) is 7.20. The first-order valence-corrected chi connectivity index (χ1v) is 7.08. The lowest BCUT2D eigenvalue weighted by Crippen LogP contribution is -2.51. The summed E-state index contributed by atoms with van der Waals surface area (Å²) >= 11 is 0. The van der Waals surface area contributed by atoms with Crippen LogP contribution in [0.25, 0.3) is 0 Å². The Balaban J connectivity index is 2.67. The number of urea groups is 1. The number of aliphatic carboxylic acids is 1. The highest BCUT2D eigenvalue weighted by molar-refractivity contribution is 5.82. The molecule has 0 aliphatic carbocycles. The number of nitrogens with zero attached hydrogens (tertiary/aromatic N) is 1. The van der Waals surface area contributed by atoms with E-state index in [4.69, 9.17) is 0 Å². The van der Waals surface area contributed by atoms with Crippen LogP contribution in [0.1, 0.15) is 52.9 Å². The van der Waals surface area contributed by atoms with Crippen molar-refractivity contribution < 1.29 is 14.7 Å². The molecule has 0 aromatic rings. The monoisotopic (exact) mass is 270 g/mol. The molecule has 0 aromatic heterocycles. The van der Waals surface area contributed by atoms with Crippen LogP contribution < -0.4 is 5.32 Å². The molecule has 110 valence electrons. The molecule has 1 aliphatic rings. The quantitative estimate of drug-likeness (QED) is 0.809. The van der Waals surface area contributed by atoms with Crippen LogP contribution in [0.5, 0.6) is 0 Å². The van der Waals surface area contributed by atoms with Crippen molar-refractivity contribution in [3.63, 3.8) is 0 Å². The molecule has 0 aromatic carbocycles. The number of rotatable bonds is 2. The molecule has 5 nitrogen and oxygen atoms in total. The first kappa shape index (κ1) is 15.8. The van der Waals surface area contributed by atoms with Crippen LogP contribution in [-0.4, -0.2) is 41.1 Å². The molecule has 1 fully saturated rings. The van der Waals surface area contributed by atoms with Crippen molar-refractivity contribution in [2.75, 3.05) is 13.1 Å². The summed E-state index contributed by atoms with van der Waals surface area (Å²) in [4.78, 5) is 25.0. The Hall–Kier alpha value is -1.26. The van der Waals surface area contributed by atoms with Crippen molar-refractivity contribution in [2.45, 2.75) is 58.9 Å². The summed E-state index contributed by atoms with van der Waals surface area (Å²) in [7, 11) is 0. The number of carboxylic acids is 1. The molecule has 1 unspecified atom stereocenters. The third-order valence-corrected chi connectivity index (χ3v) is 3.32. The summed E-state index contributed by atoms with van der Waals surface area (Å²) in [5.74, 6) is -0.896. The van der Waals surface area contributed by atoms with Gasteiger partial charge in [0.2, 0.25) is 0 Å². The Morgan fingerprint density at radius 3 is 2.42 bits per heavy atom. The molecule has 1 saturated heterocycles. The van der Waals surface area contributed by atoms with Crippen molar-refractivity contribution >= 4 is 12.0 Å². The summed E-state index contributed by atoms with van der Waals surface area (Å²) in [6.07, 6.45) is 4.43. The maximum absolute atomic E-state index is 12.2. The average molecular weight is 270 g/mol. The van der Waals surface area contributed by atoms with Gasteiger partial charge in [0, 0.05) is 13.1 Å². The highest BCUT2D eigenvalue weighted by Gasteiger charge is 2.30. The third-order valence-electron chi connectivity index (χ3n) is 3.32. The van der Waals surface area contributed by atoms with Gasteiger partial charge in [0.15, 0.2) is 0 Å². The Bertz CT molecular complexity index is 323. The van der Waals surface area contributed by atoms with E-state index in [9.17, 15) is 14.7 Å². The van der Waals surface area contributed by atoms with Crippen LogP contribution in [0.2, 0.25) is 0 Å². The number of carbonyl (C=O) groups is 2. The number of nitrogens with one attached hydrogen (secondary N) is 1. The summed E-state index contributed by atoms with van der Waals surface area (Å²) in [5, 5.41) is 12.1. The van der Waals surface area contributed by atoms with Gasteiger partial charge < -0.3 is 15.3 Å². The molecule has 0 bridgehead atoms. The summed E-state index contributed by atoms with van der Waals surface area (Å²) in [6, 6.07) is -0.926. The largest absolute Gasteiger partial charge is 0.480 e. The zero-order valence-electron chi connectivity index (χ0n) is 12.2. The van der Waals surface area contributed by atoms with Gasteiger partial charge in [0.1, 0.15) is 6.04 Å². The molecule has 0 spiro atoms. The van der Waals surface area contributed by atoms with E-state index in [-0.39, 0.29) is 11.4 Å². The molecule has 5 heteroatoms. The lowest BCUT2D eigenvalue weighted by atomic mass is 9.97. The molecule has 1 rings (SSSR count). The van der Waals surface area contributed by atoms with Gasteiger partial charge in [-0.15, -0.1) is 0 Å².